The predicted octanol–water partition coefficient (Wildman–Crippen LogP) is 2.20. The highest BCUT2D eigenvalue weighted by molar-refractivity contribution is 7.93. The van der Waals surface area contributed by atoms with Crippen molar-refractivity contribution in [3.63, 3.8) is 0 Å². The van der Waals surface area contributed by atoms with Crippen LogP contribution in [-0.2, 0) is 10.0 Å². The normalized spacial score (nSPS) is 17.9. The molecular weight excluding hydrogens is 262 g/mol. The van der Waals surface area contributed by atoms with E-state index in [0.29, 0.717) is 0 Å². The van der Waals surface area contributed by atoms with Gasteiger partial charge in [0.05, 0.1) is 5.25 Å². The van der Waals surface area contributed by atoms with Gasteiger partial charge in [-0.1, -0.05) is 30.9 Å². The van der Waals surface area contributed by atoms with Crippen LogP contribution < -0.4 is 4.72 Å². The fourth-order valence-corrected chi connectivity index (χ4v) is 3.60. The fraction of sp³-hybridized carbons (Fsp3) is 0.600. The molecule has 0 aromatic carbocycles. The van der Waals surface area contributed by atoms with Crippen molar-refractivity contribution >= 4 is 27.4 Å². The Morgan fingerprint density at radius 3 is 2.47 bits per heavy atom. The van der Waals surface area contributed by atoms with Gasteiger partial charge in [0, 0.05) is 0 Å². The molecule has 0 aliphatic heterocycles. The molecule has 17 heavy (non-hydrogen) atoms. The average molecular weight is 276 g/mol. The molecule has 0 bridgehead atoms. The number of nitrogens with zero attached hydrogens (tertiary/aromatic N) is 2. The van der Waals surface area contributed by atoms with Gasteiger partial charge in [0.1, 0.15) is 0 Å². The summed E-state index contributed by atoms with van der Waals surface area (Å²) in [5.41, 5.74) is 0. The van der Waals surface area contributed by atoms with E-state index in [-0.39, 0.29) is 16.2 Å². The van der Waals surface area contributed by atoms with E-state index >= 15 is 0 Å². The number of halogens is 1. The number of aromatic nitrogens is 2. The number of sulfonamides is 1. The summed E-state index contributed by atoms with van der Waals surface area (Å²) in [5.74, 6) is 0.222. The number of rotatable bonds is 3. The summed E-state index contributed by atoms with van der Waals surface area (Å²) >= 11 is 5.58. The van der Waals surface area contributed by atoms with Crippen molar-refractivity contribution in [3.8, 4) is 0 Å². The molecule has 7 heteroatoms. The molecule has 1 saturated carbocycles. The monoisotopic (exact) mass is 275 g/mol. The number of hydrogen-bond donors (Lipinski definition) is 1. The molecular formula is C10H14ClN3O2S. The first-order chi connectivity index (χ1) is 8.08. The van der Waals surface area contributed by atoms with Crippen LogP contribution in [-0.4, -0.2) is 23.9 Å². The van der Waals surface area contributed by atoms with Gasteiger partial charge in [-0.05, 0) is 25.0 Å². The SMILES string of the molecule is O=S(=O)(Nc1ccc(Cl)nn1)C1CCCCC1. The third-order valence-electron chi connectivity index (χ3n) is 2.87. The second kappa shape index (κ2) is 5.18. The van der Waals surface area contributed by atoms with E-state index in [2.05, 4.69) is 14.9 Å². The van der Waals surface area contributed by atoms with Gasteiger partial charge in [-0.25, -0.2) is 8.42 Å². The molecule has 0 saturated heterocycles. The summed E-state index contributed by atoms with van der Waals surface area (Å²) < 4.78 is 26.5. The quantitative estimate of drug-likeness (QED) is 0.918. The highest BCUT2D eigenvalue weighted by Gasteiger charge is 2.27. The molecule has 1 aliphatic carbocycles. The lowest BCUT2D eigenvalue weighted by Crippen LogP contribution is -2.30. The third kappa shape index (κ3) is 3.29. The van der Waals surface area contributed by atoms with Crippen LogP contribution in [0.1, 0.15) is 32.1 Å². The lowest BCUT2D eigenvalue weighted by atomic mass is 10.0. The van der Waals surface area contributed by atoms with Crippen molar-refractivity contribution < 1.29 is 8.42 Å². The minimum absolute atomic E-state index is 0.222. The van der Waals surface area contributed by atoms with E-state index in [1.54, 1.807) is 0 Å². The lowest BCUT2D eigenvalue weighted by Gasteiger charge is -2.21. The third-order valence-corrected chi connectivity index (χ3v) is 4.91. The molecule has 0 amide bonds. The van der Waals surface area contributed by atoms with E-state index < -0.39 is 10.0 Å². The Morgan fingerprint density at radius 1 is 1.18 bits per heavy atom. The van der Waals surface area contributed by atoms with Crippen LogP contribution in [0, 0.1) is 0 Å². The summed E-state index contributed by atoms with van der Waals surface area (Å²) in [4.78, 5) is 0. The maximum Gasteiger partial charge on any atom is 0.236 e. The largest absolute Gasteiger partial charge is 0.266 e. The van der Waals surface area contributed by atoms with Crippen molar-refractivity contribution in [3.05, 3.63) is 17.3 Å². The molecule has 1 aromatic heterocycles. The topological polar surface area (TPSA) is 72.0 Å². The average Bonchev–Trinajstić information content (AvgIpc) is 2.33. The van der Waals surface area contributed by atoms with E-state index in [4.69, 9.17) is 11.6 Å². The molecule has 0 unspecified atom stereocenters. The molecule has 1 N–H and O–H groups in total. The van der Waals surface area contributed by atoms with Gasteiger partial charge in [0.25, 0.3) is 0 Å². The lowest BCUT2D eigenvalue weighted by molar-refractivity contribution is 0.486. The van der Waals surface area contributed by atoms with Crippen LogP contribution in [0.3, 0.4) is 0 Å². The van der Waals surface area contributed by atoms with Crippen molar-refractivity contribution in [2.75, 3.05) is 4.72 Å². The van der Waals surface area contributed by atoms with Crippen molar-refractivity contribution in [2.45, 2.75) is 37.4 Å². The maximum absolute atomic E-state index is 12.0. The van der Waals surface area contributed by atoms with Crippen LogP contribution >= 0.6 is 11.6 Å². The zero-order chi connectivity index (χ0) is 12.3. The number of hydrogen-bond acceptors (Lipinski definition) is 4. The Kier molecular flexibility index (Phi) is 3.83. The molecule has 5 nitrogen and oxygen atoms in total. The molecule has 0 spiro atoms. The van der Waals surface area contributed by atoms with E-state index in [1.165, 1.54) is 12.1 Å². The molecule has 1 heterocycles. The molecule has 1 aromatic rings. The first kappa shape index (κ1) is 12.6. The molecule has 0 atom stereocenters. The summed E-state index contributed by atoms with van der Waals surface area (Å²) in [5, 5.41) is 7.21. The molecule has 2 rings (SSSR count). The number of nitrogens with one attached hydrogen (secondary N) is 1. The Balaban J connectivity index is 2.08. The van der Waals surface area contributed by atoms with Crippen molar-refractivity contribution in [2.24, 2.45) is 0 Å². The van der Waals surface area contributed by atoms with Crippen LogP contribution in [0.25, 0.3) is 0 Å². The van der Waals surface area contributed by atoms with E-state index in [1.807, 2.05) is 0 Å². The highest BCUT2D eigenvalue weighted by atomic mass is 35.5. The van der Waals surface area contributed by atoms with Crippen LogP contribution in [0.5, 0.6) is 0 Å². The highest BCUT2D eigenvalue weighted by Crippen LogP contribution is 2.24. The number of anilines is 1. The minimum atomic E-state index is -3.34. The van der Waals surface area contributed by atoms with Crippen LogP contribution in [0.2, 0.25) is 5.15 Å². The Hall–Kier alpha value is -0.880. The zero-order valence-electron chi connectivity index (χ0n) is 9.26. The van der Waals surface area contributed by atoms with E-state index in [9.17, 15) is 8.42 Å². The van der Waals surface area contributed by atoms with Gasteiger partial charge in [0.2, 0.25) is 10.0 Å². The first-order valence-corrected chi connectivity index (χ1v) is 7.51. The summed E-state index contributed by atoms with van der Waals surface area (Å²) in [7, 11) is -3.34. The van der Waals surface area contributed by atoms with Crippen molar-refractivity contribution in [1.29, 1.82) is 0 Å². The molecule has 1 aliphatic rings. The second-order valence-electron chi connectivity index (χ2n) is 4.15. The van der Waals surface area contributed by atoms with Gasteiger partial charge in [0.15, 0.2) is 11.0 Å². The second-order valence-corrected chi connectivity index (χ2v) is 6.50. The van der Waals surface area contributed by atoms with Gasteiger partial charge in [-0.2, -0.15) is 0 Å². The van der Waals surface area contributed by atoms with Crippen LogP contribution in [0.4, 0.5) is 5.82 Å². The van der Waals surface area contributed by atoms with Gasteiger partial charge < -0.3 is 0 Å². The minimum Gasteiger partial charge on any atom is -0.266 e. The summed E-state index contributed by atoms with van der Waals surface area (Å²) in [6.07, 6.45) is 4.50. The van der Waals surface area contributed by atoms with E-state index in [0.717, 1.165) is 32.1 Å². The maximum atomic E-state index is 12.0. The first-order valence-electron chi connectivity index (χ1n) is 5.59. The van der Waals surface area contributed by atoms with Gasteiger partial charge >= 0.3 is 0 Å². The van der Waals surface area contributed by atoms with Crippen LogP contribution in [0.15, 0.2) is 12.1 Å². The van der Waals surface area contributed by atoms with Gasteiger partial charge in [-0.15, -0.1) is 10.2 Å². The standard InChI is InChI=1S/C10H14ClN3O2S/c11-9-6-7-10(13-12-9)14-17(15,16)8-4-2-1-3-5-8/h6-8H,1-5H2,(H,13,14). The molecule has 0 radical (unpaired) electrons. The molecule has 1 fully saturated rings. The summed E-state index contributed by atoms with van der Waals surface area (Å²) in [6, 6.07) is 3.02. The van der Waals surface area contributed by atoms with Gasteiger partial charge in [-0.3, -0.25) is 4.72 Å². The smallest absolute Gasteiger partial charge is 0.236 e. The predicted molar refractivity (Wildman–Crippen MR) is 66.5 cm³/mol. The fourth-order valence-electron chi connectivity index (χ4n) is 1.97. The Bertz CT molecular complexity index is 469. The Morgan fingerprint density at radius 2 is 1.88 bits per heavy atom. The summed E-state index contributed by atoms with van der Waals surface area (Å²) in [6.45, 7) is 0. The molecule has 94 valence electrons. The Labute approximate surface area is 106 Å². The zero-order valence-corrected chi connectivity index (χ0v) is 10.8. The van der Waals surface area contributed by atoms with Crippen molar-refractivity contribution in [1.82, 2.24) is 10.2 Å².